The van der Waals surface area contributed by atoms with Crippen LogP contribution in [-0.2, 0) is 11.3 Å². The number of carboxylic acids is 1. The Morgan fingerprint density at radius 1 is 1.17 bits per heavy atom. The minimum absolute atomic E-state index is 0.0916. The number of anilines is 1. The molecule has 1 aromatic carbocycles. The Labute approximate surface area is 140 Å². The molecule has 0 fully saturated rings. The van der Waals surface area contributed by atoms with Crippen LogP contribution in [0, 0.1) is 5.92 Å². The largest absolute Gasteiger partial charge is 0.480 e. The molecule has 1 heterocycles. The maximum atomic E-state index is 12.2. The zero-order chi connectivity index (χ0) is 17.5. The molecule has 0 aliphatic heterocycles. The third-order valence-corrected chi connectivity index (χ3v) is 3.54. The van der Waals surface area contributed by atoms with Gasteiger partial charge in [0.1, 0.15) is 11.7 Å². The first-order chi connectivity index (χ1) is 11.5. The number of rotatable bonds is 7. The van der Waals surface area contributed by atoms with Crippen molar-refractivity contribution >= 4 is 17.6 Å². The number of pyridine rings is 1. The third kappa shape index (κ3) is 4.81. The molecule has 6 heteroatoms. The molecule has 1 atom stereocenters. The van der Waals surface area contributed by atoms with Crippen LogP contribution in [0.4, 0.5) is 5.69 Å². The van der Waals surface area contributed by atoms with Gasteiger partial charge in [0.05, 0.1) is 0 Å². The van der Waals surface area contributed by atoms with Gasteiger partial charge in [-0.1, -0.05) is 44.2 Å². The predicted octanol–water partition coefficient (Wildman–Crippen LogP) is 2.53. The average Bonchev–Trinajstić information content (AvgIpc) is 2.58. The monoisotopic (exact) mass is 327 g/mol. The van der Waals surface area contributed by atoms with E-state index >= 15 is 0 Å². The van der Waals surface area contributed by atoms with E-state index in [9.17, 15) is 14.7 Å². The number of aliphatic carboxylic acids is 1. The van der Waals surface area contributed by atoms with Crippen LogP contribution in [0.2, 0.25) is 0 Å². The zero-order valence-electron chi connectivity index (χ0n) is 13.7. The molecule has 0 spiro atoms. The summed E-state index contributed by atoms with van der Waals surface area (Å²) < 4.78 is 0. The fourth-order valence-electron chi connectivity index (χ4n) is 2.21. The summed E-state index contributed by atoms with van der Waals surface area (Å²) in [4.78, 5) is 27.5. The number of benzene rings is 1. The summed E-state index contributed by atoms with van der Waals surface area (Å²) in [7, 11) is 0. The smallest absolute Gasteiger partial charge is 0.326 e. The summed E-state index contributed by atoms with van der Waals surface area (Å²) in [5, 5.41) is 15.0. The molecule has 2 aromatic rings. The molecule has 0 aliphatic rings. The van der Waals surface area contributed by atoms with Gasteiger partial charge in [-0.2, -0.15) is 0 Å². The molecule has 0 saturated carbocycles. The number of aromatic nitrogens is 1. The van der Waals surface area contributed by atoms with Crippen molar-refractivity contribution in [3.05, 3.63) is 59.9 Å². The van der Waals surface area contributed by atoms with Crippen molar-refractivity contribution in [2.45, 2.75) is 26.4 Å². The molecule has 126 valence electrons. The van der Waals surface area contributed by atoms with Crippen molar-refractivity contribution in [3.63, 3.8) is 0 Å². The highest BCUT2D eigenvalue weighted by Crippen LogP contribution is 2.14. The lowest BCUT2D eigenvalue weighted by molar-refractivity contribution is -0.138. The molecule has 0 radical (unpaired) electrons. The van der Waals surface area contributed by atoms with Gasteiger partial charge in [0.15, 0.2) is 0 Å². The number of nitrogens with zero attached hydrogens (tertiary/aromatic N) is 1. The maximum absolute atomic E-state index is 12.2. The molecular weight excluding hydrogens is 306 g/mol. The van der Waals surface area contributed by atoms with Gasteiger partial charge in [-0.3, -0.25) is 9.78 Å². The quantitative estimate of drug-likeness (QED) is 0.727. The average molecular weight is 327 g/mol. The first-order valence-electron chi connectivity index (χ1n) is 7.75. The zero-order valence-corrected chi connectivity index (χ0v) is 13.7. The number of nitrogens with one attached hydrogen (secondary N) is 2. The fraction of sp³-hybridized carbons (Fsp3) is 0.278. The lowest BCUT2D eigenvalue weighted by atomic mass is 10.0. The maximum Gasteiger partial charge on any atom is 0.326 e. The normalized spacial score (nSPS) is 11.8. The Morgan fingerprint density at radius 2 is 1.88 bits per heavy atom. The minimum Gasteiger partial charge on any atom is -0.480 e. The van der Waals surface area contributed by atoms with Gasteiger partial charge >= 0.3 is 5.97 Å². The molecule has 6 nitrogen and oxygen atoms in total. The summed E-state index contributed by atoms with van der Waals surface area (Å²) >= 11 is 0. The molecule has 3 N–H and O–H groups in total. The van der Waals surface area contributed by atoms with E-state index in [4.69, 9.17) is 0 Å². The van der Waals surface area contributed by atoms with Gasteiger partial charge in [-0.15, -0.1) is 0 Å². The van der Waals surface area contributed by atoms with Gasteiger partial charge in [0.2, 0.25) is 0 Å². The molecule has 0 unspecified atom stereocenters. The van der Waals surface area contributed by atoms with Crippen LogP contribution >= 0.6 is 0 Å². The SMILES string of the molecule is CC(C)[C@H](Nc1ccnc(C(=O)NCc2ccccc2)c1)C(=O)O. The highest BCUT2D eigenvalue weighted by Gasteiger charge is 2.21. The van der Waals surface area contributed by atoms with E-state index in [0.717, 1.165) is 5.56 Å². The highest BCUT2D eigenvalue weighted by atomic mass is 16.4. The minimum atomic E-state index is -0.933. The Bertz CT molecular complexity index is 702. The standard InChI is InChI=1S/C18H21N3O3/c1-12(2)16(18(23)24)21-14-8-9-19-15(10-14)17(22)20-11-13-6-4-3-5-7-13/h3-10,12,16H,11H2,1-2H3,(H,19,21)(H,20,22)(H,23,24)/t16-/m0/s1. The third-order valence-electron chi connectivity index (χ3n) is 3.54. The number of amides is 1. The second-order valence-corrected chi connectivity index (χ2v) is 5.80. The summed E-state index contributed by atoms with van der Waals surface area (Å²) in [5.74, 6) is -1.33. The van der Waals surface area contributed by atoms with E-state index in [1.54, 1.807) is 12.1 Å². The van der Waals surface area contributed by atoms with Crippen LogP contribution in [-0.4, -0.2) is 28.0 Å². The van der Waals surface area contributed by atoms with Gasteiger partial charge in [0.25, 0.3) is 5.91 Å². The van der Waals surface area contributed by atoms with E-state index in [2.05, 4.69) is 15.6 Å². The van der Waals surface area contributed by atoms with Crippen LogP contribution in [0.15, 0.2) is 48.7 Å². The number of hydrogen-bond acceptors (Lipinski definition) is 4. The van der Waals surface area contributed by atoms with Crippen LogP contribution < -0.4 is 10.6 Å². The number of carbonyl (C=O) groups is 2. The van der Waals surface area contributed by atoms with Gasteiger partial charge < -0.3 is 15.7 Å². The molecule has 1 aromatic heterocycles. The number of hydrogen-bond donors (Lipinski definition) is 3. The van der Waals surface area contributed by atoms with Crippen molar-refractivity contribution in [3.8, 4) is 0 Å². The van der Waals surface area contributed by atoms with Crippen molar-refractivity contribution in [2.24, 2.45) is 5.92 Å². The van der Waals surface area contributed by atoms with Crippen molar-refractivity contribution in [1.29, 1.82) is 0 Å². The molecule has 1 amide bonds. The Balaban J connectivity index is 2.03. The first-order valence-corrected chi connectivity index (χ1v) is 7.75. The Kier molecular flexibility index (Phi) is 5.89. The molecular formula is C18H21N3O3. The van der Waals surface area contributed by atoms with Crippen molar-refractivity contribution in [1.82, 2.24) is 10.3 Å². The van der Waals surface area contributed by atoms with E-state index in [1.165, 1.54) is 6.20 Å². The summed E-state index contributed by atoms with van der Waals surface area (Å²) in [5.41, 5.74) is 1.78. The van der Waals surface area contributed by atoms with Gasteiger partial charge in [-0.05, 0) is 23.6 Å². The fourth-order valence-corrected chi connectivity index (χ4v) is 2.21. The van der Waals surface area contributed by atoms with Gasteiger partial charge in [0, 0.05) is 18.4 Å². The van der Waals surface area contributed by atoms with E-state index in [1.807, 2.05) is 44.2 Å². The van der Waals surface area contributed by atoms with Crippen LogP contribution in [0.3, 0.4) is 0 Å². The molecule has 0 bridgehead atoms. The lowest BCUT2D eigenvalue weighted by Crippen LogP contribution is -2.34. The molecule has 2 rings (SSSR count). The van der Waals surface area contributed by atoms with E-state index < -0.39 is 12.0 Å². The van der Waals surface area contributed by atoms with Crippen molar-refractivity contribution < 1.29 is 14.7 Å². The summed E-state index contributed by atoms with van der Waals surface area (Å²) in [6, 6.07) is 12.0. The molecule has 0 saturated heterocycles. The lowest BCUT2D eigenvalue weighted by Gasteiger charge is -2.19. The second kappa shape index (κ2) is 8.10. The topological polar surface area (TPSA) is 91.3 Å². The number of carbonyl (C=O) groups excluding carboxylic acids is 1. The Morgan fingerprint density at radius 3 is 2.50 bits per heavy atom. The van der Waals surface area contributed by atoms with Crippen molar-refractivity contribution in [2.75, 3.05) is 5.32 Å². The molecule has 24 heavy (non-hydrogen) atoms. The van der Waals surface area contributed by atoms with Crippen LogP contribution in [0.5, 0.6) is 0 Å². The highest BCUT2D eigenvalue weighted by molar-refractivity contribution is 5.93. The second-order valence-electron chi connectivity index (χ2n) is 5.80. The summed E-state index contributed by atoms with van der Waals surface area (Å²) in [6.45, 7) is 4.05. The van der Waals surface area contributed by atoms with Gasteiger partial charge in [-0.25, -0.2) is 4.79 Å². The number of carboxylic acid groups (broad SMARTS) is 1. The van der Waals surface area contributed by atoms with Crippen LogP contribution in [0.25, 0.3) is 0 Å². The summed E-state index contributed by atoms with van der Waals surface area (Å²) in [6.07, 6.45) is 1.49. The van der Waals surface area contributed by atoms with Crippen LogP contribution in [0.1, 0.15) is 29.9 Å². The molecule has 0 aliphatic carbocycles. The first kappa shape index (κ1) is 17.5. The van der Waals surface area contributed by atoms with E-state index in [-0.39, 0.29) is 17.5 Å². The predicted molar refractivity (Wildman–Crippen MR) is 91.7 cm³/mol. The van der Waals surface area contributed by atoms with E-state index in [0.29, 0.717) is 12.2 Å². The Hall–Kier alpha value is -2.89.